The van der Waals surface area contributed by atoms with E-state index in [0.29, 0.717) is 24.2 Å². The molecule has 7 rings (SSSR count). The first-order chi connectivity index (χ1) is 22.5. The van der Waals surface area contributed by atoms with Gasteiger partial charge in [0.1, 0.15) is 46.8 Å². The summed E-state index contributed by atoms with van der Waals surface area (Å²) in [6, 6.07) is 18.0. The van der Waals surface area contributed by atoms with Crippen LogP contribution >= 0.6 is 11.6 Å². The highest BCUT2D eigenvalue weighted by Gasteiger charge is 2.24. The molecule has 46 heavy (non-hydrogen) atoms. The van der Waals surface area contributed by atoms with Crippen LogP contribution < -0.4 is 19.1 Å². The second-order valence-corrected chi connectivity index (χ2v) is 12.1. The molecule has 4 heterocycles. The van der Waals surface area contributed by atoms with Crippen molar-refractivity contribution in [2.45, 2.75) is 44.8 Å². The standard InChI is InChI=1S/C36H35ClN6O3/c1-42(19-26-9-11-28(44-2)16-32(26)45-3)33-13-10-25-8-12-29(15-31(25)41-33)46-21-23-14-27(18-38-17-23)43-20-30(24-6-4-5-7-24)34-35(37)39-22-40-36(34)43/h8-18,20,22,24H,4-7,19,21H2,1-3H3. The Kier molecular flexibility index (Phi) is 8.32. The summed E-state index contributed by atoms with van der Waals surface area (Å²) >= 11 is 6.60. The number of ether oxygens (including phenoxy) is 3. The number of benzene rings is 2. The van der Waals surface area contributed by atoms with Gasteiger partial charge in [-0.3, -0.25) is 9.55 Å². The summed E-state index contributed by atoms with van der Waals surface area (Å²) in [6.45, 7) is 0.982. The molecule has 0 saturated heterocycles. The van der Waals surface area contributed by atoms with Gasteiger partial charge in [-0.25, -0.2) is 15.0 Å². The Bertz CT molecular complexity index is 2020. The molecule has 1 aliphatic rings. The van der Waals surface area contributed by atoms with Crippen LogP contribution in [-0.2, 0) is 13.2 Å². The summed E-state index contributed by atoms with van der Waals surface area (Å²) < 4.78 is 19.3. The molecule has 4 aromatic heterocycles. The van der Waals surface area contributed by atoms with Gasteiger partial charge in [0.05, 0.1) is 37.0 Å². The maximum atomic E-state index is 6.60. The zero-order valence-corrected chi connectivity index (χ0v) is 26.9. The van der Waals surface area contributed by atoms with E-state index in [4.69, 9.17) is 30.8 Å². The van der Waals surface area contributed by atoms with Gasteiger partial charge in [-0.2, -0.15) is 0 Å². The maximum Gasteiger partial charge on any atom is 0.149 e. The van der Waals surface area contributed by atoms with Gasteiger partial charge in [-0.15, -0.1) is 0 Å². The third-order valence-electron chi connectivity index (χ3n) is 8.77. The van der Waals surface area contributed by atoms with E-state index < -0.39 is 0 Å². The van der Waals surface area contributed by atoms with E-state index >= 15 is 0 Å². The number of methoxy groups -OCH3 is 2. The van der Waals surface area contributed by atoms with Crippen LogP contribution in [-0.4, -0.2) is 45.8 Å². The predicted molar refractivity (Wildman–Crippen MR) is 181 cm³/mol. The lowest BCUT2D eigenvalue weighted by atomic mass is 9.98. The Morgan fingerprint density at radius 1 is 0.935 bits per heavy atom. The lowest BCUT2D eigenvalue weighted by molar-refractivity contribution is 0.306. The molecule has 2 aromatic carbocycles. The first-order valence-electron chi connectivity index (χ1n) is 15.4. The molecule has 0 aliphatic heterocycles. The second-order valence-electron chi connectivity index (χ2n) is 11.7. The molecule has 6 aromatic rings. The van der Waals surface area contributed by atoms with Crippen molar-refractivity contribution in [2.24, 2.45) is 0 Å². The van der Waals surface area contributed by atoms with E-state index in [2.05, 4.69) is 42.7 Å². The van der Waals surface area contributed by atoms with Gasteiger partial charge < -0.3 is 19.1 Å². The summed E-state index contributed by atoms with van der Waals surface area (Å²) in [4.78, 5) is 20.5. The molecule has 0 amide bonds. The first-order valence-corrected chi connectivity index (χ1v) is 15.8. The van der Waals surface area contributed by atoms with Crippen molar-refractivity contribution in [1.82, 2.24) is 24.5 Å². The van der Waals surface area contributed by atoms with Gasteiger partial charge in [-0.1, -0.05) is 24.4 Å². The fraction of sp³-hybridized carbons (Fsp3) is 0.278. The Labute approximate surface area is 272 Å². The van der Waals surface area contributed by atoms with Crippen LogP contribution in [0.5, 0.6) is 17.2 Å². The maximum absolute atomic E-state index is 6.60. The van der Waals surface area contributed by atoms with E-state index in [1.165, 1.54) is 24.7 Å². The summed E-state index contributed by atoms with van der Waals surface area (Å²) in [6.07, 6.45) is 12.1. The molecule has 10 heteroatoms. The van der Waals surface area contributed by atoms with E-state index in [-0.39, 0.29) is 0 Å². The van der Waals surface area contributed by atoms with Crippen molar-refractivity contribution < 1.29 is 14.2 Å². The van der Waals surface area contributed by atoms with E-state index in [1.54, 1.807) is 14.2 Å². The molecule has 0 unspecified atom stereocenters. The van der Waals surface area contributed by atoms with Crippen LogP contribution in [0.2, 0.25) is 5.15 Å². The molecular weight excluding hydrogens is 600 g/mol. The molecule has 1 fully saturated rings. The molecule has 9 nitrogen and oxygen atoms in total. The number of nitrogens with zero attached hydrogens (tertiary/aromatic N) is 6. The molecular formula is C36H35ClN6O3. The number of halogens is 1. The number of hydrogen-bond acceptors (Lipinski definition) is 8. The number of pyridine rings is 2. The van der Waals surface area contributed by atoms with Crippen LogP contribution in [0.25, 0.3) is 27.6 Å². The topological polar surface area (TPSA) is 87.4 Å². The summed E-state index contributed by atoms with van der Waals surface area (Å²) in [5.41, 5.74) is 5.76. The van der Waals surface area contributed by atoms with E-state index in [0.717, 1.165) is 74.7 Å². The highest BCUT2D eigenvalue weighted by atomic mass is 35.5. The molecule has 0 radical (unpaired) electrons. The third-order valence-corrected chi connectivity index (χ3v) is 9.05. The van der Waals surface area contributed by atoms with Crippen LogP contribution in [0, 0.1) is 0 Å². The molecule has 234 valence electrons. The van der Waals surface area contributed by atoms with Crippen molar-refractivity contribution >= 4 is 39.4 Å². The number of rotatable bonds is 10. The number of aromatic nitrogens is 5. The minimum atomic E-state index is 0.355. The summed E-state index contributed by atoms with van der Waals surface area (Å²) in [7, 11) is 5.33. The van der Waals surface area contributed by atoms with Crippen molar-refractivity contribution in [1.29, 1.82) is 0 Å². The monoisotopic (exact) mass is 634 g/mol. The largest absolute Gasteiger partial charge is 0.497 e. The molecule has 0 spiro atoms. The number of anilines is 1. The molecule has 1 aliphatic carbocycles. The van der Waals surface area contributed by atoms with E-state index in [1.807, 2.05) is 61.9 Å². The molecule has 1 saturated carbocycles. The van der Waals surface area contributed by atoms with Crippen LogP contribution in [0.15, 0.2) is 79.5 Å². The lowest BCUT2D eigenvalue weighted by Crippen LogP contribution is -2.18. The zero-order valence-electron chi connectivity index (χ0n) is 26.1. The highest BCUT2D eigenvalue weighted by Crippen LogP contribution is 2.40. The second kappa shape index (κ2) is 12.8. The van der Waals surface area contributed by atoms with Crippen molar-refractivity contribution in [2.75, 3.05) is 26.2 Å². The Hall–Kier alpha value is -4.89. The lowest BCUT2D eigenvalue weighted by Gasteiger charge is -2.20. The van der Waals surface area contributed by atoms with Crippen molar-refractivity contribution in [3.63, 3.8) is 0 Å². The molecule has 0 N–H and O–H groups in total. The minimum absolute atomic E-state index is 0.355. The van der Waals surface area contributed by atoms with E-state index in [9.17, 15) is 0 Å². The van der Waals surface area contributed by atoms with Gasteiger partial charge in [-0.05, 0) is 66.8 Å². The van der Waals surface area contributed by atoms with Gasteiger partial charge >= 0.3 is 0 Å². The van der Waals surface area contributed by atoms with Crippen LogP contribution in [0.4, 0.5) is 5.82 Å². The molecule has 0 atom stereocenters. The SMILES string of the molecule is COc1ccc(CN(C)c2ccc3ccc(OCc4cncc(-n5cc(C6CCCC6)c6c(Cl)ncnc65)c4)cc3n2)c(OC)c1. The Morgan fingerprint density at radius 2 is 1.76 bits per heavy atom. The van der Waals surface area contributed by atoms with Gasteiger partial charge in [0.25, 0.3) is 0 Å². The van der Waals surface area contributed by atoms with Crippen molar-refractivity contribution in [3.05, 3.63) is 101 Å². The normalized spacial score (nSPS) is 13.4. The third kappa shape index (κ3) is 5.90. The molecule has 0 bridgehead atoms. The van der Waals surface area contributed by atoms with Gasteiger partial charge in [0, 0.05) is 54.6 Å². The number of fused-ring (bicyclic) bond motifs is 2. The smallest absolute Gasteiger partial charge is 0.149 e. The fourth-order valence-electron chi connectivity index (χ4n) is 6.35. The predicted octanol–water partition coefficient (Wildman–Crippen LogP) is 7.91. The van der Waals surface area contributed by atoms with Crippen molar-refractivity contribution in [3.8, 4) is 22.9 Å². The average Bonchev–Trinajstić information content (AvgIpc) is 3.77. The first kappa shape index (κ1) is 29.8. The summed E-state index contributed by atoms with van der Waals surface area (Å²) in [5, 5.41) is 2.47. The Balaban J connectivity index is 1.10. The van der Waals surface area contributed by atoms with Gasteiger partial charge in [0.2, 0.25) is 0 Å². The van der Waals surface area contributed by atoms with Gasteiger partial charge in [0.15, 0.2) is 0 Å². The average molecular weight is 635 g/mol. The highest BCUT2D eigenvalue weighted by molar-refractivity contribution is 6.34. The van der Waals surface area contributed by atoms with Crippen LogP contribution in [0.3, 0.4) is 0 Å². The fourth-order valence-corrected chi connectivity index (χ4v) is 6.59. The van der Waals surface area contributed by atoms with Crippen LogP contribution in [0.1, 0.15) is 48.3 Å². The quantitative estimate of drug-likeness (QED) is 0.141. The summed E-state index contributed by atoms with van der Waals surface area (Å²) in [5.74, 6) is 3.58. The zero-order chi connectivity index (χ0) is 31.6. The Morgan fingerprint density at radius 3 is 2.59 bits per heavy atom. The number of hydrogen-bond donors (Lipinski definition) is 0. The minimum Gasteiger partial charge on any atom is -0.497 e.